The van der Waals surface area contributed by atoms with Crippen molar-refractivity contribution in [3.8, 4) is 0 Å². The summed E-state index contributed by atoms with van der Waals surface area (Å²) >= 11 is 0.798. The molecule has 0 bridgehead atoms. The lowest BCUT2D eigenvalue weighted by Crippen LogP contribution is -2.06. The van der Waals surface area contributed by atoms with E-state index in [0.29, 0.717) is 22.6 Å². The van der Waals surface area contributed by atoms with Gasteiger partial charge in [0.2, 0.25) is 5.90 Å². The van der Waals surface area contributed by atoms with Crippen molar-refractivity contribution in [3.63, 3.8) is 0 Å². The summed E-state index contributed by atoms with van der Waals surface area (Å²) in [5.41, 5.74) is 1.28. The van der Waals surface area contributed by atoms with Crippen LogP contribution in [0.2, 0.25) is 0 Å². The van der Waals surface area contributed by atoms with Gasteiger partial charge < -0.3 is 9.84 Å². The highest BCUT2D eigenvalue weighted by Crippen LogP contribution is 2.40. The Bertz CT molecular complexity index is 855. The summed E-state index contributed by atoms with van der Waals surface area (Å²) in [6.45, 7) is 2.04. The number of fused-ring (bicyclic) bond motifs is 2. The number of ether oxygens (including phenoxy) is 1. The number of hydrogen-bond acceptors (Lipinski definition) is 4. The van der Waals surface area contributed by atoms with Gasteiger partial charge in [0.05, 0.1) is 22.7 Å². The van der Waals surface area contributed by atoms with E-state index in [1.165, 1.54) is 24.3 Å². The van der Waals surface area contributed by atoms with Crippen molar-refractivity contribution < 1.29 is 23.4 Å². The molecule has 0 saturated carbocycles. The van der Waals surface area contributed by atoms with E-state index < -0.39 is 16.9 Å². The van der Waals surface area contributed by atoms with Crippen LogP contribution in [0.5, 0.6) is 0 Å². The number of aliphatic carboxylic acids is 1. The van der Waals surface area contributed by atoms with Crippen LogP contribution in [-0.4, -0.2) is 23.6 Å². The molecule has 0 amide bonds. The molecule has 0 radical (unpaired) electrons. The molecule has 23 heavy (non-hydrogen) atoms. The van der Waals surface area contributed by atoms with Crippen LogP contribution >= 0.6 is 11.3 Å². The van der Waals surface area contributed by atoms with Crippen molar-refractivity contribution in [2.24, 2.45) is 4.99 Å². The molecule has 1 aliphatic rings. The number of rotatable bonds is 2. The van der Waals surface area contributed by atoms with Crippen molar-refractivity contribution in [2.45, 2.75) is 6.92 Å². The molecule has 3 rings (SSSR count). The molecular weight excluding hydrogens is 324 g/mol. The van der Waals surface area contributed by atoms with Gasteiger partial charge in [-0.25, -0.2) is 14.2 Å². The summed E-state index contributed by atoms with van der Waals surface area (Å²) in [5, 5.41) is 8.65. The summed E-state index contributed by atoms with van der Waals surface area (Å²) in [5.74, 6) is -1.55. The van der Waals surface area contributed by atoms with Crippen LogP contribution in [-0.2, 0) is 9.53 Å². The van der Waals surface area contributed by atoms with E-state index in [-0.39, 0.29) is 17.2 Å². The first-order valence-corrected chi connectivity index (χ1v) is 7.57. The highest BCUT2D eigenvalue weighted by atomic mass is 32.1. The van der Waals surface area contributed by atoms with E-state index in [1.54, 1.807) is 6.92 Å². The Hall–Kier alpha value is -2.54. The zero-order valence-electron chi connectivity index (χ0n) is 12.0. The summed E-state index contributed by atoms with van der Waals surface area (Å²) in [7, 11) is 0. The van der Waals surface area contributed by atoms with E-state index in [4.69, 9.17) is 9.84 Å². The molecule has 2 heterocycles. The molecule has 1 N–H and O–H groups in total. The first-order chi connectivity index (χ1) is 11.0. The number of hydrogen-bond donors (Lipinski definition) is 1. The van der Waals surface area contributed by atoms with Crippen LogP contribution < -0.4 is 0 Å². The third kappa shape index (κ3) is 2.87. The summed E-state index contributed by atoms with van der Waals surface area (Å²) in [6.07, 6.45) is 0.968. The lowest BCUT2D eigenvalue weighted by atomic mass is 10.0. The second-order valence-electron chi connectivity index (χ2n) is 4.70. The molecule has 2 aromatic rings. The summed E-state index contributed by atoms with van der Waals surface area (Å²) in [6, 6.07) is 5.07. The number of carboxylic acid groups (broad SMARTS) is 1. The molecule has 7 heteroatoms. The van der Waals surface area contributed by atoms with Gasteiger partial charge in [-0.15, -0.1) is 11.3 Å². The van der Waals surface area contributed by atoms with Gasteiger partial charge in [-0.2, -0.15) is 4.39 Å². The Labute approximate surface area is 134 Å². The average Bonchev–Trinajstić information content (AvgIpc) is 2.82. The highest BCUT2D eigenvalue weighted by molar-refractivity contribution is 7.12. The van der Waals surface area contributed by atoms with Crippen LogP contribution in [0.15, 0.2) is 35.3 Å². The van der Waals surface area contributed by atoms with Gasteiger partial charge in [0.1, 0.15) is 5.82 Å². The summed E-state index contributed by atoms with van der Waals surface area (Å²) < 4.78 is 32.8. The Morgan fingerprint density at radius 1 is 1.35 bits per heavy atom. The third-order valence-corrected chi connectivity index (χ3v) is 4.15. The predicted molar refractivity (Wildman–Crippen MR) is 83.2 cm³/mol. The van der Waals surface area contributed by atoms with E-state index in [0.717, 1.165) is 17.4 Å². The fourth-order valence-electron chi connectivity index (χ4n) is 2.35. The molecular formula is C16H11F2NO3S. The number of carboxylic acids is 1. The second kappa shape index (κ2) is 5.92. The topological polar surface area (TPSA) is 58.9 Å². The van der Waals surface area contributed by atoms with Crippen LogP contribution in [0.1, 0.15) is 22.9 Å². The van der Waals surface area contributed by atoms with Crippen LogP contribution in [0.4, 0.5) is 14.5 Å². The molecule has 0 fully saturated rings. The third-order valence-electron chi connectivity index (χ3n) is 3.20. The zero-order chi connectivity index (χ0) is 16.6. The van der Waals surface area contributed by atoms with Crippen molar-refractivity contribution in [2.75, 3.05) is 6.61 Å². The Kier molecular flexibility index (Phi) is 3.96. The molecule has 0 saturated heterocycles. The maximum Gasteiger partial charge on any atom is 0.328 e. The first kappa shape index (κ1) is 15.4. The first-order valence-electron chi connectivity index (χ1n) is 6.75. The van der Waals surface area contributed by atoms with Gasteiger partial charge in [-0.3, -0.25) is 0 Å². The minimum atomic E-state index is -1.19. The molecule has 118 valence electrons. The van der Waals surface area contributed by atoms with Gasteiger partial charge in [0, 0.05) is 23.3 Å². The van der Waals surface area contributed by atoms with Gasteiger partial charge in [-0.05, 0) is 25.1 Å². The maximum absolute atomic E-state index is 13.8. The van der Waals surface area contributed by atoms with Gasteiger partial charge in [0.25, 0.3) is 0 Å². The maximum atomic E-state index is 13.8. The number of nitrogens with zero attached hydrogens (tertiary/aromatic N) is 1. The van der Waals surface area contributed by atoms with Crippen molar-refractivity contribution in [3.05, 3.63) is 57.3 Å². The highest BCUT2D eigenvalue weighted by Gasteiger charge is 2.26. The normalized spacial score (nSPS) is 14.7. The molecule has 0 spiro atoms. The van der Waals surface area contributed by atoms with Gasteiger partial charge in [-0.1, -0.05) is 0 Å². The van der Waals surface area contributed by atoms with Crippen LogP contribution in [0.25, 0.3) is 5.57 Å². The SMILES string of the molecule is CCOC1=Nc2cc(F)ccc2/C(=C\C(=O)O)c2sc(F)cc21. The molecule has 1 aromatic heterocycles. The lowest BCUT2D eigenvalue weighted by molar-refractivity contribution is -0.131. The van der Waals surface area contributed by atoms with E-state index in [2.05, 4.69) is 4.99 Å². The number of benzene rings is 1. The molecule has 4 nitrogen and oxygen atoms in total. The molecule has 0 aliphatic carbocycles. The average molecular weight is 335 g/mol. The summed E-state index contributed by atoms with van der Waals surface area (Å²) in [4.78, 5) is 15.8. The van der Waals surface area contributed by atoms with E-state index >= 15 is 0 Å². The molecule has 1 aromatic carbocycles. The van der Waals surface area contributed by atoms with Gasteiger partial charge in [0.15, 0.2) is 5.13 Å². The Morgan fingerprint density at radius 3 is 2.83 bits per heavy atom. The van der Waals surface area contributed by atoms with Crippen molar-refractivity contribution >= 4 is 34.5 Å². The van der Waals surface area contributed by atoms with E-state index in [9.17, 15) is 13.6 Å². The monoisotopic (exact) mass is 335 g/mol. The Morgan fingerprint density at radius 2 is 2.13 bits per heavy atom. The smallest absolute Gasteiger partial charge is 0.328 e. The molecule has 0 unspecified atom stereocenters. The number of thiophene rings is 1. The standard InChI is InChI=1S/C16H11F2NO3S/c1-2-22-16-11-6-13(18)23-15(11)10(7-14(20)21)9-4-3-8(17)5-12(9)19-16/h3-7H,2H2,1H3,(H,20,21)/b10-7+. The number of carbonyl (C=O) groups is 1. The zero-order valence-corrected chi connectivity index (χ0v) is 12.8. The van der Waals surface area contributed by atoms with E-state index in [1.807, 2.05) is 0 Å². The molecule has 1 aliphatic heterocycles. The minimum Gasteiger partial charge on any atom is -0.478 e. The Balaban J connectivity index is 2.35. The van der Waals surface area contributed by atoms with Crippen LogP contribution in [0.3, 0.4) is 0 Å². The largest absolute Gasteiger partial charge is 0.478 e. The number of aliphatic imine (C=N–C) groups is 1. The lowest BCUT2D eigenvalue weighted by Gasteiger charge is -2.07. The minimum absolute atomic E-state index is 0.142. The number of halogens is 2. The van der Waals surface area contributed by atoms with Gasteiger partial charge >= 0.3 is 5.97 Å². The van der Waals surface area contributed by atoms with Crippen LogP contribution in [0, 0.1) is 10.9 Å². The quantitative estimate of drug-likeness (QED) is 0.845. The molecule has 0 atom stereocenters. The van der Waals surface area contributed by atoms with Crippen molar-refractivity contribution in [1.82, 2.24) is 0 Å². The fraction of sp³-hybridized carbons (Fsp3) is 0.125. The van der Waals surface area contributed by atoms with Crippen molar-refractivity contribution in [1.29, 1.82) is 0 Å². The second-order valence-corrected chi connectivity index (χ2v) is 5.70. The fourth-order valence-corrected chi connectivity index (χ4v) is 3.26. The predicted octanol–water partition coefficient (Wildman–Crippen LogP) is 3.97.